The third kappa shape index (κ3) is 3.52. The van der Waals surface area contributed by atoms with Gasteiger partial charge in [-0.2, -0.15) is 0 Å². The average Bonchev–Trinajstić information content (AvgIpc) is 3.16. The van der Waals surface area contributed by atoms with E-state index in [0.29, 0.717) is 11.6 Å². The van der Waals surface area contributed by atoms with E-state index in [-0.39, 0.29) is 11.4 Å². The summed E-state index contributed by atoms with van der Waals surface area (Å²) in [6, 6.07) is 18.6. The van der Waals surface area contributed by atoms with Crippen molar-refractivity contribution < 1.29 is 9.34 Å². The molecule has 0 saturated carbocycles. The Morgan fingerprint density at radius 3 is 2.56 bits per heavy atom. The molecule has 132 valence electrons. The minimum absolute atomic E-state index is 0.102. The Morgan fingerprint density at radius 2 is 1.74 bits per heavy atom. The molecule has 27 heavy (non-hydrogen) atoms. The van der Waals surface area contributed by atoms with E-state index in [4.69, 9.17) is 4.42 Å². The number of anilines is 2. The maximum Gasteiger partial charge on any atom is 0.314 e. The molecule has 1 N–H and O–H groups in total. The van der Waals surface area contributed by atoms with E-state index in [1.54, 1.807) is 6.08 Å². The van der Waals surface area contributed by atoms with Crippen LogP contribution in [0.25, 0.3) is 23.1 Å². The molecule has 4 aromatic rings. The number of nitrogens with zero attached hydrogens (tertiary/aromatic N) is 3. The fourth-order valence-electron chi connectivity index (χ4n) is 2.66. The number of para-hydroxylation sites is 2. The van der Waals surface area contributed by atoms with Crippen molar-refractivity contribution in [2.75, 3.05) is 5.32 Å². The molecule has 0 bridgehead atoms. The van der Waals surface area contributed by atoms with Crippen LogP contribution in [-0.4, -0.2) is 14.9 Å². The summed E-state index contributed by atoms with van der Waals surface area (Å²) in [5.41, 5.74) is 1.56. The molecule has 0 fully saturated rings. The predicted octanol–water partition coefficient (Wildman–Crippen LogP) is 5.05. The molecule has 0 unspecified atom stereocenters. The molecule has 2 heterocycles. The lowest BCUT2D eigenvalue weighted by atomic mass is 10.2. The first kappa shape index (κ1) is 16.5. The van der Waals surface area contributed by atoms with Crippen molar-refractivity contribution in [3.8, 4) is 0 Å². The molecule has 2 aromatic carbocycles. The van der Waals surface area contributed by atoms with Gasteiger partial charge < -0.3 is 9.73 Å². The number of benzene rings is 2. The molecule has 7 heteroatoms. The summed E-state index contributed by atoms with van der Waals surface area (Å²) in [5, 5.41) is 15.2. The highest BCUT2D eigenvalue weighted by Gasteiger charge is 2.14. The molecule has 0 aliphatic carbocycles. The van der Waals surface area contributed by atoms with Crippen LogP contribution in [0.4, 0.5) is 17.2 Å². The molecular weight excluding hydrogens is 344 g/mol. The highest BCUT2D eigenvalue weighted by atomic mass is 16.6. The van der Waals surface area contributed by atoms with Crippen molar-refractivity contribution in [3.63, 3.8) is 0 Å². The second-order valence-electron chi connectivity index (χ2n) is 5.70. The maximum absolute atomic E-state index is 11.0. The average molecular weight is 358 g/mol. The third-order valence-electron chi connectivity index (χ3n) is 3.91. The smallest absolute Gasteiger partial charge is 0.314 e. The monoisotopic (exact) mass is 358 g/mol. The molecule has 0 aliphatic rings. The van der Waals surface area contributed by atoms with E-state index in [1.807, 2.05) is 54.6 Å². The van der Waals surface area contributed by atoms with Gasteiger partial charge in [0.05, 0.1) is 22.8 Å². The van der Waals surface area contributed by atoms with Gasteiger partial charge in [0.1, 0.15) is 5.82 Å². The van der Waals surface area contributed by atoms with Crippen LogP contribution in [0.15, 0.2) is 71.3 Å². The number of hydrogen-bond donors (Lipinski definition) is 1. The summed E-state index contributed by atoms with van der Waals surface area (Å²) in [4.78, 5) is 19.6. The lowest BCUT2D eigenvalue weighted by Crippen LogP contribution is -1.99. The van der Waals surface area contributed by atoms with Crippen molar-refractivity contribution in [2.45, 2.75) is 0 Å². The zero-order valence-electron chi connectivity index (χ0n) is 14.1. The van der Waals surface area contributed by atoms with E-state index >= 15 is 0 Å². The number of nitro groups is 1. The predicted molar refractivity (Wildman–Crippen MR) is 104 cm³/mol. The van der Waals surface area contributed by atoms with Gasteiger partial charge >= 0.3 is 5.69 Å². The largest absolute Gasteiger partial charge is 0.457 e. The van der Waals surface area contributed by atoms with Crippen LogP contribution in [0, 0.1) is 10.1 Å². The minimum atomic E-state index is -0.493. The summed E-state index contributed by atoms with van der Waals surface area (Å²) >= 11 is 0. The third-order valence-corrected chi connectivity index (χ3v) is 3.91. The van der Waals surface area contributed by atoms with Crippen LogP contribution in [0.2, 0.25) is 0 Å². The number of rotatable bonds is 5. The highest BCUT2D eigenvalue weighted by molar-refractivity contribution is 5.91. The van der Waals surface area contributed by atoms with E-state index in [2.05, 4.69) is 15.3 Å². The van der Waals surface area contributed by atoms with E-state index in [0.717, 1.165) is 16.6 Å². The van der Waals surface area contributed by atoms with Crippen LogP contribution in [0.5, 0.6) is 0 Å². The van der Waals surface area contributed by atoms with E-state index in [9.17, 15) is 10.1 Å². The van der Waals surface area contributed by atoms with Gasteiger partial charge in [0.2, 0.25) is 5.76 Å². The van der Waals surface area contributed by atoms with E-state index in [1.165, 1.54) is 18.4 Å². The zero-order valence-corrected chi connectivity index (χ0v) is 14.1. The Hall–Kier alpha value is -4.00. The van der Waals surface area contributed by atoms with Crippen molar-refractivity contribution in [1.29, 1.82) is 0 Å². The van der Waals surface area contributed by atoms with Gasteiger partial charge in [-0.25, -0.2) is 9.97 Å². The van der Waals surface area contributed by atoms with Gasteiger partial charge in [-0.15, -0.1) is 0 Å². The molecule has 0 aliphatic heterocycles. The first-order valence-electron chi connectivity index (χ1n) is 8.19. The molecule has 0 atom stereocenters. The number of hydrogen-bond acceptors (Lipinski definition) is 6. The second-order valence-corrected chi connectivity index (χ2v) is 5.70. The lowest BCUT2D eigenvalue weighted by Gasteiger charge is -2.09. The fraction of sp³-hybridized carbons (Fsp3) is 0. The van der Waals surface area contributed by atoms with Crippen molar-refractivity contribution in [3.05, 3.63) is 88.6 Å². The number of furan rings is 1. The lowest BCUT2D eigenvalue weighted by molar-refractivity contribution is -0.385. The number of nitrogens with one attached hydrogen (secondary N) is 1. The SMILES string of the molecule is O=[N+]([O-])c1ccoc1/C=C/c1nc(Nc2ccccc2)c2ccccc2n1. The van der Waals surface area contributed by atoms with Crippen molar-refractivity contribution >= 4 is 40.2 Å². The van der Waals surface area contributed by atoms with Crippen LogP contribution >= 0.6 is 0 Å². The van der Waals surface area contributed by atoms with Gasteiger partial charge in [-0.05, 0) is 36.4 Å². The summed E-state index contributed by atoms with van der Waals surface area (Å²) in [6.07, 6.45) is 4.37. The molecule has 2 aromatic heterocycles. The number of fused-ring (bicyclic) bond motifs is 1. The van der Waals surface area contributed by atoms with Crippen molar-refractivity contribution in [1.82, 2.24) is 9.97 Å². The van der Waals surface area contributed by atoms with Gasteiger partial charge in [0.25, 0.3) is 0 Å². The van der Waals surface area contributed by atoms with Crippen LogP contribution in [0.3, 0.4) is 0 Å². The van der Waals surface area contributed by atoms with Gasteiger partial charge in [-0.1, -0.05) is 30.3 Å². The van der Waals surface area contributed by atoms with Crippen LogP contribution < -0.4 is 5.32 Å². The summed E-state index contributed by atoms with van der Waals surface area (Å²) < 4.78 is 5.16. The summed E-state index contributed by atoms with van der Waals surface area (Å²) in [5.74, 6) is 1.22. The second kappa shape index (κ2) is 7.09. The molecule has 0 saturated heterocycles. The van der Waals surface area contributed by atoms with Gasteiger partial charge in [0.15, 0.2) is 5.82 Å². The van der Waals surface area contributed by atoms with Crippen LogP contribution in [-0.2, 0) is 0 Å². The Balaban J connectivity index is 1.74. The summed E-state index contributed by atoms with van der Waals surface area (Å²) in [6.45, 7) is 0. The Labute approximate surface area is 154 Å². The molecule has 0 radical (unpaired) electrons. The molecule has 4 rings (SSSR count). The minimum Gasteiger partial charge on any atom is -0.457 e. The molecule has 0 spiro atoms. The molecular formula is C20H14N4O3. The Kier molecular flexibility index (Phi) is 4.32. The first-order valence-corrected chi connectivity index (χ1v) is 8.19. The first-order chi connectivity index (χ1) is 13.2. The number of aromatic nitrogens is 2. The molecule has 7 nitrogen and oxygen atoms in total. The maximum atomic E-state index is 11.0. The Morgan fingerprint density at radius 1 is 0.963 bits per heavy atom. The zero-order chi connectivity index (χ0) is 18.6. The van der Waals surface area contributed by atoms with Gasteiger partial charge in [-0.3, -0.25) is 10.1 Å². The quantitative estimate of drug-likeness (QED) is 0.396. The molecule has 0 amide bonds. The van der Waals surface area contributed by atoms with Crippen LogP contribution in [0.1, 0.15) is 11.6 Å². The summed E-state index contributed by atoms with van der Waals surface area (Å²) in [7, 11) is 0. The van der Waals surface area contributed by atoms with Gasteiger partial charge in [0, 0.05) is 11.1 Å². The van der Waals surface area contributed by atoms with Crippen molar-refractivity contribution in [2.24, 2.45) is 0 Å². The normalized spacial score (nSPS) is 11.1. The standard InChI is InChI=1S/C20H14N4O3/c25-24(26)17-12-13-27-18(17)10-11-19-22-16-9-5-4-8-15(16)20(23-19)21-14-6-2-1-3-7-14/h1-13H,(H,21,22,23)/b11-10+. The fourth-order valence-corrected chi connectivity index (χ4v) is 2.66. The highest BCUT2D eigenvalue weighted by Crippen LogP contribution is 2.25. The Bertz CT molecular complexity index is 1140. The topological polar surface area (TPSA) is 94.1 Å². The van der Waals surface area contributed by atoms with E-state index < -0.39 is 4.92 Å².